The molecular formula is C10H2F20O. The van der Waals surface area contributed by atoms with Gasteiger partial charge in [-0.05, 0) is 0 Å². The lowest BCUT2D eigenvalue weighted by Gasteiger charge is -2.40. The third-order valence-corrected chi connectivity index (χ3v) is 3.07. The summed E-state index contributed by atoms with van der Waals surface area (Å²) in [5.41, 5.74) is 0. The van der Waals surface area contributed by atoms with Crippen LogP contribution in [0.25, 0.3) is 0 Å². The molecule has 0 rings (SSSR count). The Morgan fingerprint density at radius 3 is 0.677 bits per heavy atom. The summed E-state index contributed by atoms with van der Waals surface area (Å²) in [5, 5.41) is 0. The van der Waals surface area contributed by atoms with Gasteiger partial charge in [-0.25, -0.2) is 0 Å². The zero-order valence-corrected chi connectivity index (χ0v) is 13.1. The largest absolute Gasteiger partial charge is 0.459 e. The van der Waals surface area contributed by atoms with Crippen LogP contribution in [0.15, 0.2) is 0 Å². The van der Waals surface area contributed by atoms with Crippen molar-refractivity contribution in [1.29, 1.82) is 0 Å². The molecule has 0 N–H and O–H groups in total. The Bertz CT molecular complexity index is 562. The molecule has 2 unspecified atom stereocenters. The van der Waals surface area contributed by atoms with E-state index in [1.807, 2.05) is 0 Å². The normalized spacial score (nSPS) is 18.2. The van der Waals surface area contributed by atoms with Crippen molar-refractivity contribution in [3.63, 3.8) is 0 Å². The Morgan fingerprint density at radius 2 is 0.548 bits per heavy atom. The Balaban J connectivity index is 6.81. The molecule has 0 spiro atoms. The van der Waals surface area contributed by atoms with E-state index in [1.165, 1.54) is 0 Å². The van der Waals surface area contributed by atoms with Gasteiger partial charge < -0.3 is 4.74 Å². The van der Waals surface area contributed by atoms with Crippen LogP contribution in [0.2, 0.25) is 0 Å². The second kappa shape index (κ2) is 7.56. The second-order valence-corrected chi connectivity index (χ2v) is 5.37. The molecule has 21 heteroatoms. The minimum Gasteiger partial charge on any atom is -0.344 e. The van der Waals surface area contributed by atoms with Crippen molar-refractivity contribution in [1.82, 2.24) is 0 Å². The van der Waals surface area contributed by atoms with E-state index in [0.29, 0.717) is 0 Å². The molecule has 0 saturated carbocycles. The minimum atomic E-state index is -7.99. The van der Waals surface area contributed by atoms with Gasteiger partial charge in [0.2, 0.25) is 12.2 Å². The lowest BCUT2D eigenvalue weighted by atomic mass is 10.0. The molecule has 0 amide bonds. The average molecular weight is 518 g/mol. The highest BCUT2D eigenvalue weighted by Crippen LogP contribution is 2.56. The van der Waals surface area contributed by atoms with E-state index in [9.17, 15) is 87.8 Å². The molecule has 0 aromatic heterocycles. The van der Waals surface area contributed by atoms with Crippen LogP contribution in [-0.4, -0.2) is 60.6 Å². The highest BCUT2D eigenvalue weighted by molar-refractivity contribution is 5.04. The predicted molar refractivity (Wildman–Crippen MR) is 52.7 cm³/mol. The summed E-state index contributed by atoms with van der Waals surface area (Å²) in [6.07, 6.45) is -43.7. The van der Waals surface area contributed by atoms with Gasteiger partial charge in [-0.15, -0.1) is 0 Å². The third-order valence-electron chi connectivity index (χ3n) is 3.07. The summed E-state index contributed by atoms with van der Waals surface area (Å²) >= 11 is 0. The molecule has 2 atom stereocenters. The smallest absolute Gasteiger partial charge is 0.344 e. The summed E-state index contributed by atoms with van der Waals surface area (Å²) in [7, 11) is 0. The second-order valence-electron chi connectivity index (χ2n) is 5.37. The quantitative estimate of drug-likeness (QED) is 0.364. The van der Waals surface area contributed by atoms with Crippen molar-refractivity contribution in [3.8, 4) is 0 Å². The summed E-state index contributed by atoms with van der Waals surface area (Å²) in [6.45, 7) is 0. The van der Waals surface area contributed by atoms with Gasteiger partial charge in [-0.2, -0.15) is 87.8 Å². The van der Waals surface area contributed by atoms with Crippen molar-refractivity contribution < 1.29 is 92.5 Å². The number of hydrogen-bond acceptors (Lipinski definition) is 1. The van der Waals surface area contributed by atoms with Gasteiger partial charge in [0.1, 0.15) is 0 Å². The zero-order valence-electron chi connectivity index (χ0n) is 13.1. The Morgan fingerprint density at radius 1 is 0.355 bits per heavy atom. The summed E-state index contributed by atoms with van der Waals surface area (Å²) in [4.78, 5) is 0. The van der Waals surface area contributed by atoms with Gasteiger partial charge in [-0.1, -0.05) is 0 Å². The average Bonchev–Trinajstić information content (AvgIpc) is 2.40. The standard InChI is InChI=1S/C10H2F20O/c11-3(12,7(21,22)9(25,26)27)1(5(15,16)17)31-2(6(18,19)20)4(13,14)8(23,24)10(28,29)30/h1-2H. The molecule has 0 heterocycles. The maximum absolute atomic E-state index is 13.2. The topological polar surface area (TPSA) is 9.23 Å². The van der Waals surface area contributed by atoms with Crippen LogP contribution >= 0.6 is 0 Å². The highest BCUT2D eigenvalue weighted by Gasteiger charge is 2.84. The minimum absolute atomic E-state index is 1.76. The van der Waals surface area contributed by atoms with Crippen LogP contribution in [0, 0.1) is 0 Å². The Labute approximate surface area is 154 Å². The summed E-state index contributed by atoms with van der Waals surface area (Å²) in [5.74, 6) is -31.9. The van der Waals surface area contributed by atoms with Gasteiger partial charge >= 0.3 is 48.4 Å². The Kier molecular flexibility index (Phi) is 7.21. The SMILES string of the molecule is FC(F)(F)C(OC(C(F)(F)F)C(F)(F)C(F)(F)C(F)(F)F)C(F)(F)C(F)(F)C(F)(F)F. The van der Waals surface area contributed by atoms with Crippen molar-refractivity contribution >= 4 is 0 Å². The maximum Gasteiger partial charge on any atom is 0.459 e. The van der Waals surface area contributed by atoms with Crippen LogP contribution in [0.5, 0.6) is 0 Å². The van der Waals surface area contributed by atoms with Crippen LogP contribution < -0.4 is 0 Å². The molecule has 0 aliphatic carbocycles. The molecule has 1 nitrogen and oxygen atoms in total. The van der Waals surface area contributed by atoms with Crippen LogP contribution in [0.1, 0.15) is 0 Å². The van der Waals surface area contributed by atoms with E-state index in [-0.39, 0.29) is 0 Å². The van der Waals surface area contributed by atoms with E-state index in [0.717, 1.165) is 0 Å². The zero-order chi connectivity index (χ0) is 25.9. The van der Waals surface area contributed by atoms with Gasteiger partial charge in [0.25, 0.3) is 0 Å². The van der Waals surface area contributed by atoms with Gasteiger partial charge in [0.15, 0.2) is 0 Å². The number of alkyl halides is 20. The monoisotopic (exact) mass is 518 g/mol. The van der Waals surface area contributed by atoms with Crippen molar-refractivity contribution in [2.75, 3.05) is 0 Å². The number of halogens is 20. The fourth-order valence-electron chi connectivity index (χ4n) is 1.58. The molecule has 0 aliphatic rings. The third kappa shape index (κ3) is 5.15. The molecule has 0 saturated heterocycles. The van der Waals surface area contributed by atoms with Gasteiger partial charge in [0.05, 0.1) is 0 Å². The molecule has 0 aromatic rings. The Hall–Kier alpha value is -1.44. The molecular weight excluding hydrogens is 516 g/mol. The lowest BCUT2D eigenvalue weighted by Crippen LogP contribution is -2.67. The fraction of sp³-hybridized carbons (Fsp3) is 1.00. The molecule has 188 valence electrons. The molecule has 0 radical (unpaired) electrons. The van der Waals surface area contributed by atoms with Crippen molar-refractivity contribution in [2.24, 2.45) is 0 Å². The van der Waals surface area contributed by atoms with Gasteiger partial charge in [0, 0.05) is 0 Å². The van der Waals surface area contributed by atoms with Gasteiger partial charge in [-0.3, -0.25) is 0 Å². The number of rotatable bonds is 6. The first-order valence-electron chi connectivity index (χ1n) is 6.41. The van der Waals surface area contributed by atoms with Crippen LogP contribution in [0.3, 0.4) is 0 Å². The first kappa shape index (κ1) is 29.6. The van der Waals surface area contributed by atoms with E-state index < -0.39 is 60.6 Å². The highest BCUT2D eigenvalue weighted by atomic mass is 19.4. The molecule has 0 fully saturated rings. The molecule has 0 bridgehead atoms. The molecule has 0 aliphatic heterocycles. The van der Waals surface area contributed by atoms with E-state index in [4.69, 9.17) is 0 Å². The number of hydrogen-bond donors (Lipinski definition) is 0. The van der Waals surface area contributed by atoms with Crippen LogP contribution in [0.4, 0.5) is 87.8 Å². The van der Waals surface area contributed by atoms with Crippen molar-refractivity contribution in [3.05, 3.63) is 0 Å². The molecule has 0 aromatic carbocycles. The first-order chi connectivity index (χ1) is 13.0. The van der Waals surface area contributed by atoms with Crippen LogP contribution in [-0.2, 0) is 4.74 Å². The van der Waals surface area contributed by atoms with E-state index in [2.05, 4.69) is 0 Å². The summed E-state index contributed by atoms with van der Waals surface area (Å²) < 4.78 is 252. The maximum atomic E-state index is 13.2. The fourth-order valence-corrected chi connectivity index (χ4v) is 1.58. The number of ether oxygens (including phenoxy) is 1. The summed E-state index contributed by atoms with van der Waals surface area (Å²) in [6, 6.07) is 0. The van der Waals surface area contributed by atoms with E-state index >= 15 is 0 Å². The first-order valence-corrected chi connectivity index (χ1v) is 6.41. The predicted octanol–water partition coefficient (Wildman–Crippen LogP) is 6.53. The molecule has 31 heavy (non-hydrogen) atoms. The van der Waals surface area contributed by atoms with Crippen molar-refractivity contribution in [2.45, 2.75) is 60.6 Å². The lowest BCUT2D eigenvalue weighted by molar-refractivity contribution is -0.439. The van der Waals surface area contributed by atoms with E-state index in [1.54, 1.807) is 4.74 Å².